The third-order valence-corrected chi connectivity index (χ3v) is 6.07. The van der Waals surface area contributed by atoms with Gasteiger partial charge < -0.3 is 9.13 Å². The molecule has 0 aliphatic carbocycles. The number of thioether (sulfide) groups is 1. The lowest BCUT2D eigenvalue weighted by Crippen LogP contribution is -2.21. The predicted molar refractivity (Wildman–Crippen MR) is 111 cm³/mol. The molecule has 4 rings (SSSR count). The number of hydrogen-bond donors (Lipinski definition) is 0. The minimum absolute atomic E-state index is 0.104. The van der Waals surface area contributed by atoms with Gasteiger partial charge in [0.15, 0.2) is 10.9 Å². The van der Waals surface area contributed by atoms with E-state index in [2.05, 4.69) is 31.8 Å². The molecule has 1 aliphatic heterocycles. The number of hydrogen-bond acceptors (Lipinski definition) is 5. The van der Waals surface area contributed by atoms with Gasteiger partial charge in [-0.05, 0) is 43.6 Å². The molecule has 1 fully saturated rings. The van der Waals surface area contributed by atoms with E-state index in [4.69, 9.17) is 0 Å². The van der Waals surface area contributed by atoms with Gasteiger partial charge in [0, 0.05) is 13.2 Å². The number of carbonyl (C=O) groups is 1. The Bertz CT molecular complexity index is 927. The van der Waals surface area contributed by atoms with Crippen LogP contribution in [-0.4, -0.2) is 48.9 Å². The van der Waals surface area contributed by atoms with Crippen LogP contribution in [-0.2, 0) is 20.1 Å². The standard InChI is InChI=1S/C21H25N5OS/c1-24-11-7-10-18(24)19(27)16-28-21-23-22-20(15-25-12-5-6-13-25)26(21)14-17-8-3-2-4-9-17/h2-4,7-11H,5-6,12-16H2,1H3. The van der Waals surface area contributed by atoms with Crippen molar-refractivity contribution in [2.75, 3.05) is 18.8 Å². The third-order valence-electron chi connectivity index (χ3n) is 5.10. The van der Waals surface area contributed by atoms with E-state index in [1.807, 2.05) is 48.1 Å². The normalized spacial score (nSPS) is 14.6. The summed E-state index contributed by atoms with van der Waals surface area (Å²) in [6, 6.07) is 14.1. The Morgan fingerprint density at radius 3 is 2.54 bits per heavy atom. The number of rotatable bonds is 8. The molecule has 0 bridgehead atoms. The van der Waals surface area contributed by atoms with Crippen molar-refractivity contribution in [2.24, 2.45) is 7.05 Å². The highest BCUT2D eigenvalue weighted by atomic mass is 32.2. The van der Waals surface area contributed by atoms with Crippen LogP contribution < -0.4 is 0 Å². The Kier molecular flexibility index (Phi) is 5.92. The Hall–Kier alpha value is -2.38. The lowest BCUT2D eigenvalue weighted by molar-refractivity contribution is 0.101. The quantitative estimate of drug-likeness (QED) is 0.433. The number of benzene rings is 1. The summed E-state index contributed by atoms with van der Waals surface area (Å²) < 4.78 is 4.02. The van der Waals surface area contributed by atoms with E-state index in [9.17, 15) is 4.79 Å². The smallest absolute Gasteiger partial charge is 0.192 e. The Labute approximate surface area is 169 Å². The molecule has 146 valence electrons. The summed E-state index contributed by atoms with van der Waals surface area (Å²) in [7, 11) is 1.89. The second-order valence-corrected chi connectivity index (χ2v) is 8.11. The van der Waals surface area contributed by atoms with E-state index >= 15 is 0 Å². The number of Topliss-reactive ketones (excluding diaryl/α,β-unsaturated/α-hetero) is 1. The van der Waals surface area contributed by atoms with E-state index in [0.717, 1.165) is 42.9 Å². The first-order valence-corrected chi connectivity index (χ1v) is 10.6. The van der Waals surface area contributed by atoms with Crippen molar-refractivity contribution in [1.82, 2.24) is 24.2 Å². The number of aryl methyl sites for hydroxylation is 1. The van der Waals surface area contributed by atoms with Crippen molar-refractivity contribution in [1.29, 1.82) is 0 Å². The molecule has 2 aromatic heterocycles. The Morgan fingerprint density at radius 2 is 1.82 bits per heavy atom. The second-order valence-electron chi connectivity index (χ2n) is 7.17. The first kappa shape index (κ1) is 19.0. The van der Waals surface area contributed by atoms with E-state index < -0.39 is 0 Å². The molecule has 0 radical (unpaired) electrons. The molecule has 28 heavy (non-hydrogen) atoms. The van der Waals surface area contributed by atoms with Crippen LogP contribution in [0.5, 0.6) is 0 Å². The molecule has 0 N–H and O–H groups in total. The predicted octanol–water partition coefficient (Wildman–Crippen LogP) is 3.24. The maximum atomic E-state index is 12.5. The van der Waals surface area contributed by atoms with Crippen LogP contribution in [0.4, 0.5) is 0 Å². The maximum Gasteiger partial charge on any atom is 0.192 e. The Balaban J connectivity index is 1.52. The fourth-order valence-electron chi connectivity index (χ4n) is 3.56. The van der Waals surface area contributed by atoms with Crippen LogP contribution in [0.25, 0.3) is 0 Å². The van der Waals surface area contributed by atoms with Gasteiger partial charge in [0.05, 0.1) is 24.5 Å². The molecule has 0 amide bonds. The molecule has 3 aromatic rings. The van der Waals surface area contributed by atoms with Gasteiger partial charge in [-0.1, -0.05) is 42.1 Å². The zero-order valence-electron chi connectivity index (χ0n) is 16.1. The molecule has 7 heteroatoms. The van der Waals surface area contributed by atoms with Crippen molar-refractivity contribution >= 4 is 17.5 Å². The molecule has 1 saturated heterocycles. The molecule has 1 aromatic carbocycles. The van der Waals surface area contributed by atoms with Gasteiger partial charge in [-0.2, -0.15) is 0 Å². The van der Waals surface area contributed by atoms with Crippen molar-refractivity contribution in [3.63, 3.8) is 0 Å². The summed E-state index contributed by atoms with van der Waals surface area (Å²) in [6.45, 7) is 3.77. The molecule has 3 heterocycles. The topological polar surface area (TPSA) is 56.0 Å². The van der Waals surface area contributed by atoms with Crippen LogP contribution in [0, 0.1) is 0 Å². The molecular formula is C21H25N5OS. The van der Waals surface area contributed by atoms with Gasteiger partial charge in [0.25, 0.3) is 0 Å². The fourth-order valence-corrected chi connectivity index (χ4v) is 4.40. The minimum atomic E-state index is 0.104. The summed E-state index contributed by atoms with van der Waals surface area (Å²) in [4.78, 5) is 15.0. The van der Waals surface area contributed by atoms with E-state index in [1.165, 1.54) is 30.2 Å². The Morgan fingerprint density at radius 1 is 1.04 bits per heavy atom. The zero-order valence-corrected chi connectivity index (χ0v) is 16.9. The molecule has 0 saturated carbocycles. The van der Waals surface area contributed by atoms with Crippen molar-refractivity contribution in [3.8, 4) is 0 Å². The number of likely N-dealkylation sites (tertiary alicyclic amines) is 1. The van der Waals surface area contributed by atoms with Crippen LogP contribution in [0.1, 0.15) is 34.7 Å². The van der Waals surface area contributed by atoms with E-state index in [0.29, 0.717) is 5.75 Å². The summed E-state index contributed by atoms with van der Waals surface area (Å²) in [5.74, 6) is 1.43. The molecular weight excluding hydrogens is 370 g/mol. The van der Waals surface area contributed by atoms with Gasteiger partial charge in [-0.3, -0.25) is 9.69 Å². The van der Waals surface area contributed by atoms with Crippen molar-refractivity contribution in [3.05, 3.63) is 65.7 Å². The van der Waals surface area contributed by atoms with E-state index in [-0.39, 0.29) is 5.78 Å². The van der Waals surface area contributed by atoms with Crippen LogP contribution in [0.15, 0.2) is 53.8 Å². The zero-order chi connectivity index (χ0) is 19.3. The first-order chi connectivity index (χ1) is 13.7. The highest BCUT2D eigenvalue weighted by Crippen LogP contribution is 2.22. The molecule has 0 atom stereocenters. The summed E-state index contributed by atoms with van der Waals surface area (Å²) in [5, 5.41) is 9.69. The number of ketones is 1. The van der Waals surface area contributed by atoms with Crippen LogP contribution in [0.2, 0.25) is 0 Å². The first-order valence-electron chi connectivity index (χ1n) is 9.66. The number of aromatic nitrogens is 4. The van der Waals surface area contributed by atoms with Crippen molar-refractivity contribution < 1.29 is 4.79 Å². The van der Waals surface area contributed by atoms with Crippen molar-refractivity contribution in [2.45, 2.75) is 31.1 Å². The van der Waals surface area contributed by atoms with Gasteiger partial charge in [0.1, 0.15) is 5.82 Å². The molecule has 0 unspecified atom stereocenters. The fraction of sp³-hybridized carbons (Fsp3) is 0.381. The molecule has 0 spiro atoms. The highest BCUT2D eigenvalue weighted by Gasteiger charge is 2.20. The van der Waals surface area contributed by atoms with Gasteiger partial charge in [-0.25, -0.2) is 0 Å². The second kappa shape index (κ2) is 8.75. The van der Waals surface area contributed by atoms with Gasteiger partial charge in [0.2, 0.25) is 0 Å². The molecule has 6 nitrogen and oxygen atoms in total. The number of nitrogens with zero attached hydrogens (tertiary/aromatic N) is 5. The minimum Gasteiger partial charge on any atom is -0.348 e. The van der Waals surface area contributed by atoms with E-state index in [1.54, 1.807) is 0 Å². The monoisotopic (exact) mass is 395 g/mol. The average molecular weight is 396 g/mol. The van der Waals surface area contributed by atoms with Gasteiger partial charge >= 0.3 is 0 Å². The maximum absolute atomic E-state index is 12.5. The van der Waals surface area contributed by atoms with Gasteiger partial charge in [-0.15, -0.1) is 10.2 Å². The highest BCUT2D eigenvalue weighted by molar-refractivity contribution is 7.99. The SMILES string of the molecule is Cn1cccc1C(=O)CSc1nnc(CN2CCCC2)n1Cc1ccccc1. The number of carbonyl (C=O) groups excluding carboxylic acids is 1. The largest absolute Gasteiger partial charge is 0.348 e. The van der Waals surface area contributed by atoms with Crippen LogP contribution >= 0.6 is 11.8 Å². The average Bonchev–Trinajstić information content (AvgIpc) is 3.44. The third kappa shape index (κ3) is 4.36. The summed E-state index contributed by atoms with van der Waals surface area (Å²) in [5.41, 5.74) is 1.93. The lowest BCUT2D eigenvalue weighted by Gasteiger charge is -2.16. The lowest BCUT2D eigenvalue weighted by atomic mass is 10.2. The molecule has 1 aliphatic rings. The summed E-state index contributed by atoms with van der Waals surface area (Å²) >= 11 is 1.47. The van der Waals surface area contributed by atoms with Crippen LogP contribution in [0.3, 0.4) is 0 Å². The summed E-state index contributed by atoms with van der Waals surface area (Å²) in [6.07, 6.45) is 4.39.